The first-order valence-electron chi connectivity index (χ1n) is 6.29. The number of aryl methyl sites for hydroxylation is 1. The second-order valence-electron chi connectivity index (χ2n) is 4.76. The van der Waals surface area contributed by atoms with Gasteiger partial charge < -0.3 is 0 Å². The third kappa shape index (κ3) is 2.14. The molecule has 4 rings (SSSR count). The Bertz CT molecular complexity index is 817. The molecule has 4 aromatic rings. The van der Waals surface area contributed by atoms with Crippen LogP contribution in [0.5, 0.6) is 0 Å². The van der Waals surface area contributed by atoms with Crippen molar-refractivity contribution in [2.75, 3.05) is 0 Å². The summed E-state index contributed by atoms with van der Waals surface area (Å²) < 4.78 is 6.32. The summed E-state index contributed by atoms with van der Waals surface area (Å²) in [4.78, 5) is 0. The molecule has 0 amide bonds. The minimum absolute atomic E-state index is 0.0624. The third-order valence-corrected chi connectivity index (χ3v) is 8.64. The normalized spacial score (nSPS) is 11.4. The van der Waals surface area contributed by atoms with Gasteiger partial charge in [-0.2, -0.15) is 0 Å². The van der Waals surface area contributed by atoms with Crippen molar-refractivity contribution in [2.24, 2.45) is 0 Å². The first-order valence-corrected chi connectivity index (χ1v) is 10.3. The van der Waals surface area contributed by atoms with Crippen molar-refractivity contribution in [3.05, 3.63) is 58.2 Å². The Morgan fingerprint density at radius 2 is 1.74 bits per heavy atom. The van der Waals surface area contributed by atoms with Crippen LogP contribution in [0.25, 0.3) is 28.4 Å². The van der Waals surface area contributed by atoms with Crippen molar-refractivity contribution < 1.29 is 0 Å². The van der Waals surface area contributed by atoms with E-state index in [0.29, 0.717) is 14.5 Å². The van der Waals surface area contributed by atoms with Gasteiger partial charge in [0.05, 0.1) is 0 Å². The Kier molecular flexibility index (Phi) is 2.94. The summed E-state index contributed by atoms with van der Waals surface area (Å²) in [5.74, 6) is 0. The van der Waals surface area contributed by atoms with Gasteiger partial charge in [-0.25, -0.2) is 0 Å². The topological polar surface area (TPSA) is 0 Å². The predicted octanol–water partition coefficient (Wildman–Crippen LogP) is 4.08. The van der Waals surface area contributed by atoms with E-state index < -0.39 is 0 Å². The zero-order valence-corrected chi connectivity index (χ0v) is 14.6. The van der Waals surface area contributed by atoms with Crippen molar-refractivity contribution in [3.63, 3.8) is 0 Å². The van der Waals surface area contributed by atoms with Crippen LogP contribution < -0.4 is 0 Å². The van der Waals surface area contributed by atoms with Crippen LogP contribution in [0.4, 0.5) is 0 Å². The van der Waals surface area contributed by atoms with E-state index in [-0.39, 0.29) is 20.4 Å². The average molecular weight is 423 g/mol. The number of hydrogen-bond donors (Lipinski definition) is 0. The number of rotatable bonds is 1. The van der Waals surface area contributed by atoms with Crippen LogP contribution in [0, 0.1) is 6.92 Å². The van der Waals surface area contributed by atoms with Crippen molar-refractivity contribution in [3.8, 4) is 10.0 Å². The number of fused-ring (bicyclic) bond motifs is 2. The molecule has 2 aromatic carbocycles. The van der Waals surface area contributed by atoms with E-state index in [1.54, 1.807) is 11.2 Å². The summed E-state index contributed by atoms with van der Waals surface area (Å²) in [5.41, 5.74) is 1.39. The molecular formula is C17H12SeTe. The van der Waals surface area contributed by atoms with E-state index in [1.165, 1.54) is 20.8 Å². The second-order valence-corrected chi connectivity index (χ2v) is 10.7. The fraction of sp³-hybridized carbons (Fsp3) is 0.0588. The summed E-state index contributed by atoms with van der Waals surface area (Å²) >= 11 is 0.406. The molecule has 0 nitrogen and oxygen atoms in total. The maximum absolute atomic E-state index is 2.46. The van der Waals surface area contributed by atoms with E-state index in [9.17, 15) is 0 Å². The molecule has 2 heterocycles. The number of hydrogen-bond acceptors (Lipinski definition) is 0. The van der Waals surface area contributed by atoms with Crippen molar-refractivity contribution in [1.82, 2.24) is 0 Å². The van der Waals surface area contributed by atoms with E-state index in [0.717, 1.165) is 0 Å². The van der Waals surface area contributed by atoms with Crippen molar-refractivity contribution in [2.45, 2.75) is 6.92 Å². The van der Waals surface area contributed by atoms with Gasteiger partial charge in [0.1, 0.15) is 0 Å². The molecule has 0 aliphatic heterocycles. The molecule has 0 radical (unpaired) electrons. The molecule has 0 saturated heterocycles. The van der Waals surface area contributed by atoms with Crippen LogP contribution in [0.1, 0.15) is 3.58 Å². The summed E-state index contributed by atoms with van der Waals surface area (Å²) in [5, 5.41) is 2.98. The van der Waals surface area contributed by atoms with E-state index in [1.807, 2.05) is 0 Å². The molecule has 0 saturated carbocycles. The molecule has 19 heavy (non-hydrogen) atoms. The van der Waals surface area contributed by atoms with Gasteiger partial charge >= 0.3 is 128 Å². The Morgan fingerprint density at radius 1 is 0.895 bits per heavy atom. The first-order chi connectivity index (χ1) is 9.29. The Hall–Kier alpha value is -0.771. The van der Waals surface area contributed by atoms with Crippen LogP contribution >= 0.6 is 0 Å². The predicted molar refractivity (Wildman–Crippen MR) is 85.5 cm³/mol. The molecular weight excluding hydrogens is 411 g/mol. The van der Waals surface area contributed by atoms with Crippen LogP contribution in [0.2, 0.25) is 0 Å². The van der Waals surface area contributed by atoms with Gasteiger partial charge in [0, 0.05) is 0 Å². The van der Waals surface area contributed by atoms with Crippen LogP contribution in [0.15, 0.2) is 54.6 Å². The quantitative estimate of drug-likeness (QED) is 0.405. The summed E-state index contributed by atoms with van der Waals surface area (Å²) in [6.45, 7) is 2.28. The molecule has 0 atom stereocenters. The molecule has 2 aromatic heterocycles. The molecule has 2 heteroatoms. The fourth-order valence-electron chi connectivity index (χ4n) is 2.45. The zero-order valence-electron chi connectivity index (χ0n) is 10.5. The van der Waals surface area contributed by atoms with Gasteiger partial charge in [0.25, 0.3) is 0 Å². The monoisotopic (exact) mass is 426 g/mol. The molecule has 0 aliphatic carbocycles. The van der Waals surface area contributed by atoms with Crippen LogP contribution in [0.3, 0.4) is 0 Å². The molecule has 0 spiro atoms. The Labute approximate surface area is 128 Å². The van der Waals surface area contributed by atoms with Crippen molar-refractivity contribution >= 4 is 53.4 Å². The van der Waals surface area contributed by atoms with E-state index >= 15 is 0 Å². The first kappa shape index (κ1) is 12.0. The molecule has 0 aliphatic rings. The Morgan fingerprint density at radius 3 is 2.58 bits per heavy atom. The van der Waals surface area contributed by atoms with Crippen LogP contribution in [-0.2, 0) is 0 Å². The number of benzene rings is 2. The van der Waals surface area contributed by atoms with Crippen molar-refractivity contribution in [1.29, 1.82) is 0 Å². The fourth-order valence-corrected chi connectivity index (χ4v) is 7.48. The van der Waals surface area contributed by atoms with Gasteiger partial charge in [0.15, 0.2) is 0 Å². The van der Waals surface area contributed by atoms with E-state index in [4.69, 9.17) is 0 Å². The van der Waals surface area contributed by atoms with E-state index in [2.05, 4.69) is 61.5 Å². The zero-order chi connectivity index (χ0) is 12.8. The molecule has 0 bridgehead atoms. The SMILES string of the molecule is Cc1cc2cc3[se]c(-c4ccccc4)cc3cc2[te]1. The van der Waals surface area contributed by atoms with Gasteiger partial charge in [-0.3, -0.25) is 0 Å². The Balaban J connectivity index is 1.96. The standard InChI is InChI=1S/C17H12SeTe/c1-11-7-14-9-16-13(10-17(14)19-11)8-15(18-16)12-5-3-2-4-6-12/h2-10H,1H3. The van der Waals surface area contributed by atoms with Crippen LogP contribution in [-0.4, -0.2) is 34.9 Å². The molecule has 0 fully saturated rings. The second kappa shape index (κ2) is 4.65. The molecule has 0 N–H and O–H groups in total. The average Bonchev–Trinajstić information content (AvgIpc) is 2.98. The van der Waals surface area contributed by atoms with Gasteiger partial charge in [-0.05, 0) is 0 Å². The molecule has 0 unspecified atom stereocenters. The summed E-state index contributed by atoms with van der Waals surface area (Å²) in [6, 6.07) is 20.5. The van der Waals surface area contributed by atoms with Gasteiger partial charge in [-0.15, -0.1) is 0 Å². The third-order valence-electron chi connectivity index (χ3n) is 3.34. The minimum atomic E-state index is -0.0624. The van der Waals surface area contributed by atoms with Gasteiger partial charge in [-0.1, -0.05) is 0 Å². The summed E-state index contributed by atoms with van der Waals surface area (Å²) in [6.07, 6.45) is 0. The molecule has 92 valence electrons. The summed E-state index contributed by atoms with van der Waals surface area (Å²) in [7, 11) is 0. The maximum atomic E-state index is 2.46. The van der Waals surface area contributed by atoms with Gasteiger partial charge in [0.2, 0.25) is 0 Å².